The van der Waals surface area contributed by atoms with Gasteiger partial charge in [0.1, 0.15) is 0 Å². The van der Waals surface area contributed by atoms with Crippen LogP contribution < -0.4 is 0 Å². The fourth-order valence-corrected chi connectivity index (χ4v) is 6.47. The molecule has 1 aliphatic carbocycles. The normalized spacial score (nSPS) is 22.4. The molecule has 2 saturated heterocycles. The summed E-state index contributed by atoms with van der Waals surface area (Å²) in [5.74, 6) is 1.95. The van der Waals surface area contributed by atoms with Gasteiger partial charge in [0.25, 0.3) is 0 Å². The maximum atomic E-state index is 12.7. The highest BCUT2D eigenvalue weighted by Gasteiger charge is 2.47. The number of rotatable bonds is 6. The largest absolute Gasteiger partial charge is 0.342 e. The number of benzene rings is 1. The van der Waals surface area contributed by atoms with Crippen LogP contribution in [0.3, 0.4) is 0 Å². The van der Waals surface area contributed by atoms with Crippen LogP contribution in [0.1, 0.15) is 56.9 Å². The average molecular weight is 401 g/mol. The summed E-state index contributed by atoms with van der Waals surface area (Å²) >= 11 is 1.80. The molecule has 3 aliphatic rings. The van der Waals surface area contributed by atoms with Crippen LogP contribution in [0.5, 0.6) is 0 Å². The van der Waals surface area contributed by atoms with Crippen LogP contribution in [-0.2, 0) is 16.0 Å². The van der Waals surface area contributed by atoms with Gasteiger partial charge >= 0.3 is 0 Å². The average Bonchev–Trinajstić information content (AvgIpc) is 3.35. The molecule has 1 spiro atoms. The van der Waals surface area contributed by atoms with Gasteiger partial charge in [-0.3, -0.25) is 9.59 Å². The molecular weight excluding hydrogens is 368 g/mol. The lowest BCUT2D eigenvalue weighted by Gasteiger charge is -2.44. The highest BCUT2D eigenvalue weighted by molar-refractivity contribution is 8.01. The van der Waals surface area contributed by atoms with E-state index >= 15 is 0 Å². The summed E-state index contributed by atoms with van der Waals surface area (Å²) in [6.45, 7) is 2.38. The SMILES string of the molecule is O=C(CCC1CCCC1)N1CCC2(CC1)SCC(=O)N2CCc1ccccc1. The summed E-state index contributed by atoms with van der Waals surface area (Å²) in [7, 11) is 0. The number of carbonyl (C=O) groups excluding carboxylic acids is 2. The van der Waals surface area contributed by atoms with Crippen molar-refractivity contribution in [1.82, 2.24) is 9.80 Å². The molecule has 2 amide bonds. The summed E-state index contributed by atoms with van der Waals surface area (Å²) in [6, 6.07) is 10.4. The highest BCUT2D eigenvalue weighted by atomic mass is 32.2. The molecule has 0 atom stereocenters. The van der Waals surface area contributed by atoms with Gasteiger partial charge in [0.2, 0.25) is 11.8 Å². The third-order valence-corrected chi connectivity index (χ3v) is 8.42. The van der Waals surface area contributed by atoms with E-state index in [4.69, 9.17) is 0 Å². The number of amides is 2. The van der Waals surface area contributed by atoms with Crippen molar-refractivity contribution in [1.29, 1.82) is 0 Å². The van der Waals surface area contributed by atoms with Crippen LogP contribution in [0, 0.1) is 5.92 Å². The third kappa shape index (κ3) is 4.40. The minimum Gasteiger partial charge on any atom is -0.342 e. The van der Waals surface area contributed by atoms with Gasteiger partial charge in [-0.2, -0.15) is 0 Å². The minimum atomic E-state index is -0.0892. The van der Waals surface area contributed by atoms with E-state index in [1.807, 2.05) is 6.07 Å². The van der Waals surface area contributed by atoms with Crippen molar-refractivity contribution in [2.24, 2.45) is 5.92 Å². The molecule has 2 aliphatic heterocycles. The minimum absolute atomic E-state index is 0.0892. The second-order valence-corrected chi connectivity index (χ2v) is 9.92. The van der Waals surface area contributed by atoms with E-state index in [0.29, 0.717) is 18.1 Å². The topological polar surface area (TPSA) is 40.6 Å². The molecule has 0 bridgehead atoms. The number of hydrogen-bond acceptors (Lipinski definition) is 3. The van der Waals surface area contributed by atoms with E-state index in [9.17, 15) is 9.59 Å². The molecule has 5 heteroatoms. The number of likely N-dealkylation sites (tertiary alicyclic amines) is 1. The molecule has 4 rings (SSSR count). The monoisotopic (exact) mass is 400 g/mol. The lowest BCUT2D eigenvalue weighted by atomic mass is 9.98. The van der Waals surface area contributed by atoms with Gasteiger partial charge in [-0.25, -0.2) is 0 Å². The zero-order chi connectivity index (χ0) is 19.4. The van der Waals surface area contributed by atoms with E-state index < -0.39 is 0 Å². The predicted octanol–water partition coefficient (Wildman–Crippen LogP) is 4.09. The van der Waals surface area contributed by atoms with E-state index in [2.05, 4.69) is 34.1 Å². The first-order valence-corrected chi connectivity index (χ1v) is 11.9. The lowest BCUT2D eigenvalue weighted by molar-refractivity contribution is -0.135. The summed E-state index contributed by atoms with van der Waals surface area (Å²) in [5.41, 5.74) is 1.28. The van der Waals surface area contributed by atoms with Gasteiger partial charge < -0.3 is 9.80 Å². The fourth-order valence-electron chi connectivity index (χ4n) is 5.10. The van der Waals surface area contributed by atoms with Crippen molar-refractivity contribution in [2.45, 2.75) is 62.7 Å². The van der Waals surface area contributed by atoms with Crippen LogP contribution in [0.2, 0.25) is 0 Å². The molecule has 3 fully saturated rings. The summed E-state index contributed by atoms with van der Waals surface area (Å²) in [6.07, 6.45) is 9.80. The van der Waals surface area contributed by atoms with E-state index in [1.165, 1.54) is 31.2 Å². The van der Waals surface area contributed by atoms with Crippen LogP contribution in [0.4, 0.5) is 0 Å². The Morgan fingerprint density at radius 2 is 1.82 bits per heavy atom. The van der Waals surface area contributed by atoms with Crippen molar-refractivity contribution >= 4 is 23.6 Å². The maximum Gasteiger partial charge on any atom is 0.233 e. The molecule has 0 aromatic heterocycles. The third-order valence-electron chi connectivity index (χ3n) is 6.86. The number of carbonyl (C=O) groups is 2. The molecule has 152 valence electrons. The fraction of sp³-hybridized carbons (Fsp3) is 0.652. The number of piperidine rings is 1. The zero-order valence-corrected chi connectivity index (χ0v) is 17.6. The van der Waals surface area contributed by atoms with Crippen LogP contribution in [-0.4, -0.2) is 51.9 Å². The predicted molar refractivity (Wildman–Crippen MR) is 114 cm³/mol. The lowest BCUT2D eigenvalue weighted by Crippen LogP contribution is -2.53. The van der Waals surface area contributed by atoms with Crippen molar-refractivity contribution in [3.8, 4) is 0 Å². The Morgan fingerprint density at radius 3 is 2.54 bits per heavy atom. The van der Waals surface area contributed by atoms with Crippen LogP contribution in [0.15, 0.2) is 30.3 Å². The molecule has 1 aromatic rings. The van der Waals surface area contributed by atoms with Crippen LogP contribution >= 0.6 is 11.8 Å². The van der Waals surface area contributed by atoms with E-state index in [1.54, 1.807) is 11.8 Å². The van der Waals surface area contributed by atoms with Gasteiger partial charge in [0.05, 0.1) is 10.6 Å². The smallest absolute Gasteiger partial charge is 0.233 e. The van der Waals surface area contributed by atoms with Gasteiger partial charge in [0.15, 0.2) is 0 Å². The van der Waals surface area contributed by atoms with Crippen molar-refractivity contribution < 1.29 is 9.59 Å². The Kier molecular flexibility index (Phi) is 6.29. The van der Waals surface area contributed by atoms with Crippen LogP contribution in [0.25, 0.3) is 0 Å². The first kappa shape index (κ1) is 19.8. The standard InChI is InChI=1S/C23H32N2O2S/c26-21(11-10-19-8-4-5-9-19)24-16-13-23(14-17-24)25(22(27)18-28-23)15-12-20-6-2-1-3-7-20/h1-3,6-7,19H,4-5,8-18H2. The van der Waals surface area contributed by atoms with Gasteiger partial charge in [-0.15, -0.1) is 11.8 Å². The first-order valence-electron chi connectivity index (χ1n) is 10.9. The number of nitrogens with zero attached hydrogens (tertiary/aromatic N) is 2. The second kappa shape index (κ2) is 8.89. The quantitative estimate of drug-likeness (QED) is 0.722. The Balaban J connectivity index is 1.30. The molecule has 4 nitrogen and oxygen atoms in total. The van der Waals surface area contributed by atoms with Gasteiger partial charge in [-0.05, 0) is 37.2 Å². The molecule has 1 aromatic carbocycles. The van der Waals surface area contributed by atoms with Gasteiger partial charge in [0, 0.05) is 26.1 Å². The first-order chi connectivity index (χ1) is 13.7. The van der Waals surface area contributed by atoms with E-state index in [0.717, 1.165) is 51.2 Å². The zero-order valence-electron chi connectivity index (χ0n) is 16.8. The molecule has 1 saturated carbocycles. The molecule has 28 heavy (non-hydrogen) atoms. The Hall–Kier alpha value is -1.49. The van der Waals surface area contributed by atoms with Crippen molar-refractivity contribution in [3.63, 3.8) is 0 Å². The molecule has 2 heterocycles. The van der Waals surface area contributed by atoms with Gasteiger partial charge in [-0.1, -0.05) is 56.0 Å². The highest BCUT2D eigenvalue weighted by Crippen LogP contribution is 2.44. The Morgan fingerprint density at radius 1 is 1.11 bits per heavy atom. The summed E-state index contributed by atoms with van der Waals surface area (Å²) in [5, 5.41) is 0. The molecular formula is C23H32N2O2S. The maximum absolute atomic E-state index is 12.7. The van der Waals surface area contributed by atoms with Crippen molar-refractivity contribution in [3.05, 3.63) is 35.9 Å². The van der Waals surface area contributed by atoms with E-state index in [-0.39, 0.29) is 10.8 Å². The summed E-state index contributed by atoms with van der Waals surface area (Å²) < 4.78 is 0. The van der Waals surface area contributed by atoms with Crippen molar-refractivity contribution in [2.75, 3.05) is 25.4 Å². The number of thioether (sulfide) groups is 1. The second-order valence-electron chi connectivity index (χ2n) is 8.59. The Labute approximate surface area is 173 Å². The molecule has 0 unspecified atom stereocenters. The Bertz CT molecular complexity index is 679. The molecule has 0 radical (unpaired) electrons. The number of hydrogen-bond donors (Lipinski definition) is 0. The molecule has 0 N–H and O–H groups in total. The summed E-state index contributed by atoms with van der Waals surface area (Å²) in [4.78, 5) is 29.3.